The third kappa shape index (κ3) is 4.95. The van der Waals surface area contributed by atoms with Gasteiger partial charge in [-0.1, -0.05) is 18.2 Å². The molecule has 0 fully saturated rings. The molecule has 112 valence electrons. The number of nitrogens with zero attached hydrogens (tertiary/aromatic N) is 2. The summed E-state index contributed by atoms with van der Waals surface area (Å²) in [7, 11) is 0. The maximum atomic E-state index is 5.81. The Kier molecular flexibility index (Phi) is 4.62. The van der Waals surface area contributed by atoms with E-state index in [1.165, 1.54) is 0 Å². The average molecular weight is 285 g/mol. The molecular formula is C16H23N5. The van der Waals surface area contributed by atoms with Crippen molar-refractivity contribution in [2.24, 2.45) is 10.7 Å². The first kappa shape index (κ1) is 15.1. The molecule has 1 aromatic carbocycles. The molecule has 2 aromatic rings. The van der Waals surface area contributed by atoms with Crippen LogP contribution >= 0.6 is 0 Å². The number of pyridine rings is 1. The van der Waals surface area contributed by atoms with Crippen LogP contribution < -0.4 is 16.4 Å². The molecule has 0 aliphatic heterocycles. The minimum absolute atomic E-state index is 0.0685. The minimum Gasteiger partial charge on any atom is -0.370 e. The lowest BCUT2D eigenvalue weighted by Crippen LogP contribution is -2.45. The molecule has 1 aromatic heterocycles. The number of anilines is 1. The Hall–Kier alpha value is -2.30. The van der Waals surface area contributed by atoms with Gasteiger partial charge in [0, 0.05) is 17.5 Å². The SMILES string of the molecule is CC(C)(C)NC(N)=NCCNc1ccc2ccccc2n1. The fourth-order valence-electron chi connectivity index (χ4n) is 1.95. The number of guanidine groups is 1. The number of hydrogen-bond acceptors (Lipinski definition) is 3. The summed E-state index contributed by atoms with van der Waals surface area (Å²) in [5.74, 6) is 1.32. The van der Waals surface area contributed by atoms with E-state index in [1.807, 2.05) is 45.0 Å². The van der Waals surface area contributed by atoms with Crippen LogP contribution in [0.25, 0.3) is 10.9 Å². The number of hydrogen-bond donors (Lipinski definition) is 3. The van der Waals surface area contributed by atoms with Gasteiger partial charge in [-0.2, -0.15) is 0 Å². The molecule has 1 heterocycles. The van der Waals surface area contributed by atoms with E-state index in [0.29, 0.717) is 19.0 Å². The third-order valence-corrected chi connectivity index (χ3v) is 2.80. The van der Waals surface area contributed by atoms with Crippen molar-refractivity contribution in [3.8, 4) is 0 Å². The third-order valence-electron chi connectivity index (χ3n) is 2.80. The molecule has 0 saturated heterocycles. The maximum Gasteiger partial charge on any atom is 0.189 e. The molecule has 21 heavy (non-hydrogen) atoms. The van der Waals surface area contributed by atoms with Gasteiger partial charge in [0.2, 0.25) is 0 Å². The van der Waals surface area contributed by atoms with Crippen LogP contribution in [0.2, 0.25) is 0 Å². The smallest absolute Gasteiger partial charge is 0.189 e. The van der Waals surface area contributed by atoms with E-state index >= 15 is 0 Å². The van der Waals surface area contributed by atoms with Gasteiger partial charge in [-0.25, -0.2) is 4.98 Å². The molecule has 5 heteroatoms. The fraction of sp³-hybridized carbons (Fsp3) is 0.375. The fourth-order valence-corrected chi connectivity index (χ4v) is 1.95. The second-order valence-corrected chi connectivity index (χ2v) is 5.96. The van der Waals surface area contributed by atoms with Gasteiger partial charge in [0.15, 0.2) is 5.96 Å². The van der Waals surface area contributed by atoms with Crippen LogP contribution in [0.3, 0.4) is 0 Å². The highest BCUT2D eigenvalue weighted by molar-refractivity contribution is 5.80. The largest absolute Gasteiger partial charge is 0.370 e. The van der Waals surface area contributed by atoms with E-state index in [2.05, 4.69) is 32.7 Å². The number of nitrogens with one attached hydrogen (secondary N) is 2. The molecule has 0 aliphatic rings. The first-order valence-electron chi connectivity index (χ1n) is 7.12. The molecule has 0 unspecified atom stereocenters. The van der Waals surface area contributed by atoms with Gasteiger partial charge in [-0.05, 0) is 39.0 Å². The van der Waals surface area contributed by atoms with E-state index in [-0.39, 0.29) is 5.54 Å². The first-order valence-corrected chi connectivity index (χ1v) is 7.12. The second kappa shape index (κ2) is 6.43. The molecule has 4 N–H and O–H groups in total. The van der Waals surface area contributed by atoms with Crippen molar-refractivity contribution in [3.05, 3.63) is 36.4 Å². The number of aliphatic imine (C=N–C) groups is 1. The molecule has 0 bridgehead atoms. The lowest BCUT2D eigenvalue weighted by Gasteiger charge is -2.21. The van der Waals surface area contributed by atoms with Crippen molar-refractivity contribution in [1.29, 1.82) is 0 Å². The summed E-state index contributed by atoms with van der Waals surface area (Å²) in [6, 6.07) is 12.1. The highest BCUT2D eigenvalue weighted by Crippen LogP contribution is 2.14. The number of fused-ring (bicyclic) bond motifs is 1. The summed E-state index contributed by atoms with van der Waals surface area (Å²) in [6.07, 6.45) is 0. The molecule has 0 saturated carbocycles. The molecular weight excluding hydrogens is 262 g/mol. The van der Waals surface area contributed by atoms with Crippen LogP contribution in [-0.2, 0) is 0 Å². The quantitative estimate of drug-likeness (QED) is 0.458. The normalized spacial score (nSPS) is 12.4. The molecule has 0 spiro atoms. The molecule has 5 nitrogen and oxygen atoms in total. The summed E-state index contributed by atoms with van der Waals surface area (Å²) < 4.78 is 0. The standard InChI is InChI=1S/C16H23N5/c1-16(2,3)21-15(17)19-11-10-18-14-9-8-12-6-4-5-7-13(12)20-14/h4-9H,10-11H2,1-3H3,(H,18,20)(H3,17,19,21). The topological polar surface area (TPSA) is 75.3 Å². The number of nitrogens with two attached hydrogens (primary N) is 1. The van der Waals surface area contributed by atoms with Crippen LogP contribution in [0, 0.1) is 0 Å². The zero-order valence-electron chi connectivity index (χ0n) is 12.9. The second-order valence-electron chi connectivity index (χ2n) is 5.96. The number of rotatable bonds is 4. The summed E-state index contributed by atoms with van der Waals surface area (Å²) in [5.41, 5.74) is 6.73. The van der Waals surface area contributed by atoms with Gasteiger partial charge in [0.05, 0.1) is 12.1 Å². The van der Waals surface area contributed by atoms with E-state index < -0.39 is 0 Å². The maximum absolute atomic E-state index is 5.81. The van der Waals surface area contributed by atoms with Crippen LogP contribution in [0.15, 0.2) is 41.4 Å². The number of benzene rings is 1. The average Bonchev–Trinajstić information content (AvgIpc) is 2.41. The van der Waals surface area contributed by atoms with E-state index in [9.17, 15) is 0 Å². The van der Waals surface area contributed by atoms with Crippen LogP contribution in [0.5, 0.6) is 0 Å². The zero-order chi connectivity index (χ0) is 15.3. The van der Waals surface area contributed by atoms with Gasteiger partial charge < -0.3 is 16.4 Å². The summed E-state index contributed by atoms with van der Waals surface area (Å²) in [5, 5.41) is 7.52. The van der Waals surface area contributed by atoms with Crippen molar-refractivity contribution in [2.45, 2.75) is 26.3 Å². The van der Waals surface area contributed by atoms with Crippen molar-refractivity contribution in [3.63, 3.8) is 0 Å². The van der Waals surface area contributed by atoms with Crippen LogP contribution in [-0.4, -0.2) is 29.6 Å². The Morgan fingerprint density at radius 3 is 2.71 bits per heavy atom. The van der Waals surface area contributed by atoms with Crippen molar-refractivity contribution in [1.82, 2.24) is 10.3 Å². The number of aromatic nitrogens is 1. The summed E-state index contributed by atoms with van der Waals surface area (Å²) >= 11 is 0. The Morgan fingerprint density at radius 1 is 1.19 bits per heavy atom. The monoisotopic (exact) mass is 285 g/mol. The molecule has 0 aliphatic carbocycles. The first-order chi connectivity index (χ1) is 9.94. The van der Waals surface area contributed by atoms with Gasteiger partial charge in [0.1, 0.15) is 5.82 Å². The minimum atomic E-state index is -0.0685. The van der Waals surface area contributed by atoms with E-state index in [0.717, 1.165) is 16.7 Å². The Balaban J connectivity index is 1.86. The van der Waals surface area contributed by atoms with Crippen molar-refractivity contribution in [2.75, 3.05) is 18.4 Å². The summed E-state index contributed by atoms with van der Waals surface area (Å²) in [6.45, 7) is 7.44. The highest BCUT2D eigenvalue weighted by Gasteiger charge is 2.09. The highest BCUT2D eigenvalue weighted by atomic mass is 15.1. The number of para-hydroxylation sites is 1. The molecule has 0 atom stereocenters. The van der Waals surface area contributed by atoms with Gasteiger partial charge >= 0.3 is 0 Å². The molecule has 0 amide bonds. The van der Waals surface area contributed by atoms with Gasteiger partial charge in [-0.3, -0.25) is 4.99 Å². The molecule has 0 radical (unpaired) electrons. The van der Waals surface area contributed by atoms with E-state index in [1.54, 1.807) is 0 Å². The Labute approximate surface area is 125 Å². The predicted molar refractivity (Wildman–Crippen MR) is 89.6 cm³/mol. The Morgan fingerprint density at radius 2 is 1.95 bits per heavy atom. The Bertz CT molecular complexity index is 628. The lowest BCUT2D eigenvalue weighted by atomic mass is 10.1. The van der Waals surface area contributed by atoms with Crippen molar-refractivity contribution >= 4 is 22.7 Å². The predicted octanol–water partition coefficient (Wildman–Crippen LogP) is 2.35. The molecule has 2 rings (SSSR count). The van der Waals surface area contributed by atoms with Gasteiger partial charge in [0.25, 0.3) is 0 Å². The van der Waals surface area contributed by atoms with Gasteiger partial charge in [-0.15, -0.1) is 0 Å². The van der Waals surface area contributed by atoms with Crippen LogP contribution in [0.4, 0.5) is 5.82 Å². The van der Waals surface area contributed by atoms with E-state index in [4.69, 9.17) is 5.73 Å². The van der Waals surface area contributed by atoms with Crippen LogP contribution in [0.1, 0.15) is 20.8 Å². The van der Waals surface area contributed by atoms with Crippen molar-refractivity contribution < 1.29 is 0 Å². The summed E-state index contributed by atoms with van der Waals surface area (Å²) in [4.78, 5) is 8.82. The zero-order valence-corrected chi connectivity index (χ0v) is 12.9. The lowest BCUT2D eigenvalue weighted by molar-refractivity contribution is 0.508.